The van der Waals surface area contributed by atoms with Crippen LogP contribution in [0.15, 0.2) is 24.3 Å². The molecule has 0 aliphatic carbocycles. The van der Waals surface area contributed by atoms with E-state index in [0.29, 0.717) is 12.5 Å². The molecule has 0 spiro atoms. The van der Waals surface area contributed by atoms with Crippen molar-refractivity contribution in [3.05, 3.63) is 35.4 Å². The lowest BCUT2D eigenvalue weighted by atomic mass is 10.1. The van der Waals surface area contributed by atoms with E-state index in [9.17, 15) is 4.79 Å². The molecule has 2 saturated heterocycles. The Bertz CT molecular complexity index is 466. The third kappa shape index (κ3) is 2.72. The molecule has 4 nitrogen and oxygen atoms in total. The molecular weight excluding hydrogens is 252 g/mol. The molecule has 2 atom stereocenters. The van der Waals surface area contributed by atoms with Crippen LogP contribution in [0.4, 0.5) is 0 Å². The molecule has 1 aromatic rings. The van der Waals surface area contributed by atoms with Gasteiger partial charge in [-0.25, -0.2) is 0 Å². The predicted molar refractivity (Wildman–Crippen MR) is 77.2 cm³/mol. The number of benzene rings is 1. The van der Waals surface area contributed by atoms with Gasteiger partial charge in [0, 0.05) is 19.1 Å². The summed E-state index contributed by atoms with van der Waals surface area (Å²) in [5.74, 6) is 0.678. The second kappa shape index (κ2) is 5.94. The highest BCUT2D eigenvalue weighted by Gasteiger charge is 2.33. The van der Waals surface area contributed by atoms with Crippen LogP contribution in [-0.2, 0) is 16.0 Å². The van der Waals surface area contributed by atoms with Crippen molar-refractivity contribution >= 4 is 5.91 Å². The lowest BCUT2D eigenvalue weighted by Crippen LogP contribution is -2.35. The molecule has 20 heavy (non-hydrogen) atoms. The minimum absolute atomic E-state index is 0.0222. The first-order chi connectivity index (χ1) is 9.78. The minimum Gasteiger partial charge on any atom is -0.381 e. The summed E-state index contributed by atoms with van der Waals surface area (Å²) in [6, 6.07) is 8.56. The minimum atomic E-state index is 0.0222. The molecule has 1 aromatic carbocycles. The number of nitrogens with zero attached hydrogens (tertiary/aromatic N) is 1. The van der Waals surface area contributed by atoms with E-state index in [4.69, 9.17) is 4.74 Å². The van der Waals surface area contributed by atoms with E-state index in [1.807, 2.05) is 4.90 Å². The van der Waals surface area contributed by atoms with E-state index < -0.39 is 0 Å². The van der Waals surface area contributed by atoms with Crippen molar-refractivity contribution < 1.29 is 9.53 Å². The Morgan fingerprint density at radius 2 is 2.15 bits per heavy atom. The number of amides is 1. The van der Waals surface area contributed by atoms with E-state index in [1.165, 1.54) is 11.1 Å². The normalized spacial score (nSPS) is 26.4. The fourth-order valence-corrected chi connectivity index (χ4v) is 2.99. The van der Waals surface area contributed by atoms with Gasteiger partial charge < -0.3 is 9.64 Å². The number of rotatable bonds is 4. The Morgan fingerprint density at radius 1 is 1.35 bits per heavy atom. The largest absolute Gasteiger partial charge is 0.381 e. The van der Waals surface area contributed by atoms with Gasteiger partial charge in [0.15, 0.2) is 0 Å². The van der Waals surface area contributed by atoms with Crippen LogP contribution in [0.25, 0.3) is 0 Å². The number of ether oxygens (including phenoxy) is 1. The molecule has 2 aliphatic rings. The van der Waals surface area contributed by atoms with Crippen LogP contribution in [0, 0.1) is 5.92 Å². The molecule has 2 aliphatic heterocycles. The fraction of sp³-hybridized carbons (Fsp3) is 0.562. The zero-order chi connectivity index (χ0) is 13.9. The van der Waals surface area contributed by atoms with Gasteiger partial charge in [0.05, 0.1) is 13.2 Å². The zero-order valence-electron chi connectivity index (χ0n) is 12.0. The molecule has 108 valence electrons. The van der Waals surface area contributed by atoms with Crippen LogP contribution in [0.3, 0.4) is 0 Å². The van der Waals surface area contributed by atoms with E-state index in [-0.39, 0.29) is 12.1 Å². The summed E-state index contributed by atoms with van der Waals surface area (Å²) >= 11 is 0. The molecule has 2 unspecified atom stereocenters. The van der Waals surface area contributed by atoms with Gasteiger partial charge in [-0.3, -0.25) is 10.1 Å². The Labute approximate surface area is 120 Å². The van der Waals surface area contributed by atoms with E-state index in [2.05, 4.69) is 36.5 Å². The summed E-state index contributed by atoms with van der Waals surface area (Å²) in [5, 5.41) is 3.32. The summed E-state index contributed by atoms with van der Waals surface area (Å²) in [5.41, 5.74) is 2.50. The first kappa shape index (κ1) is 13.6. The summed E-state index contributed by atoms with van der Waals surface area (Å²) in [7, 11) is 0. The van der Waals surface area contributed by atoms with Crippen LogP contribution in [0.2, 0.25) is 0 Å². The standard InChI is InChI=1S/C16H22N2O2/c1-2-12-3-5-14(6-4-12)16-17-9-15(19)18(16)10-13-7-8-20-11-13/h3-6,13,16-17H,2,7-11H2,1H3. The van der Waals surface area contributed by atoms with Crippen LogP contribution in [0.1, 0.15) is 30.6 Å². The van der Waals surface area contributed by atoms with Gasteiger partial charge in [-0.15, -0.1) is 0 Å². The summed E-state index contributed by atoms with van der Waals surface area (Å²) in [4.78, 5) is 14.1. The van der Waals surface area contributed by atoms with Crippen molar-refractivity contribution in [3.8, 4) is 0 Å². The average Bonchev–Trinajstić information content (AvgIpc) is 3.11. The second-order valence-corrected chi connectivity index (χ2v) is 5.65. The Balaban J connectivity index is 1.74. The number of hydrogen-bond donors (Lipinski definition) is 1. The maximum absolute atomic E-state index is 12.1. The van der Waals surface area contributed by atoms with Gasteiger partial charge in [-0.2, -0.15) is 0 Å². The fourth-order valence-electron chi connectivity index (χ4n) is 2.99. The Morgan fingerprint density at radius 3 is 2.80 bits per heavy atom. The third-order valence-electron chi connectivity index (χ3n) is 4.26. The van der Waals surface area contributed by atoms with Gasteiger partial charge in [-0.05, 0) is 24.0 Å². The predicted octanol–water partition coefficient (Wildman–Crippen LogP) is 1.72. The lowest BCUT2D eigenvalue weighted by molar-refractivity contribution is -0.128. The highest BCUT2D eigenvalue weighted by Crippen LogP contribution is 2.26. The first-order valence-corrected chi connectivity index (χ1v) is 7.47. The van der Waals surface area contributed by atoms with Gasteiger partial charge in [-0.1, -0.05) is 31.2 Å². The first-order valence-electron chi connectivity index (χ1n) is 7.47. The Hall–Kier alpha value is -1.39. The smallest absolute Gasteiger partial charge is 0.238 e. The van der Waals surface area contributed by atoms with Crippen molar-refractivity contribution in [1.82, 2.24) is 10.2 Å². The van der Waals surface area contributed by atoms with Crippen LogP contribution in [-0.4, -0.2) is 37.1 Å². The highest BCUT2D eigenvalue weighted by molar-refractivity contribution is 5.81. The number of carbonyl (C=O) groups is 1. The summed E-state index contributed by atoms with van der Waals surface area (Å²) in [6.07, 6.45) is 2.13. The zero-order valence-corrected chi connectivity index (χ0v) is 12.0. The van der Waals surface area contributed by atoms with Crippen LogP contribution < -0.4 is 5.32 Å². The second-order valence-electron chi connectivity index (χ2n) is 5.65. The maximum atomic E-state index is 12.1. The molecule has 2 fully saturated rings. The SMILES string of the molecule is CCc1ccc(C2NCC(=O)N2CC2CCOC2)cc1. The average molecular weight is 274 g/mol. The van der Waals surface area contributed by atoms with Gasteiger partial charge in [0.2, 0.25) is 5.91 Å². The highest BCUT2D eigenvalue weighted by atomic mass is 16.5. The molecule has 0 bridgehead atoms. The molecule has 1 amide bonds. The van der Waals surface area contributed by atoms with Gasteiger partial charge in [0.25, 0.3) is 0 Å². The quantitative estimate of drug-likeness (QED) is 0.909. The molecule has 0 radical (unpaired) electrons. The van der Waals surface area contributed by atoms with E-state index >= 15 is 0 Å². The molecule has 2 heterocycles. The van der Waals surface area contributed by atoms with Crippen molar-refractivity contribution in [2.45, 2.75) is 25.9 Å². The number of hydrogen-bond acceptors (Lipinski definition) is 3. The van der Waals surface area contributed by atoms with Crippen molar-refractivity contribution in [1.29, 1.82) is 0 Å². The number of carbonyl (C=O) groups excluding carboxylic acids is 1. The molecule has 3 rings (SSSR count). The lowest BCUT2D eigenvalue weighted by Gasteiger charge is -2.27. The number of nitrogens with one attached hydrogen (secondary N) is 1. The summed E-state index contributed by atoms with van der Waals surface area (Å²) < 4.78 is 5.42. The van der Waals surface area contributed by atoms with Crippen LogP contribution >= 0.6 is 0 Å². The van der Waals surface area contributed by atoms with Crippen molar-refractivity contribution in [2.75, 3.05) is 26.3 Å². The Kier molecular flexibility index (Phi) is 4.03. The maximum Gasteiger partial charge on any atom is 0.238 e. The molecule has 0 saturated carbocycles. The monoisotopic (exact) mass is 274 g/mol. The molecule has 0 aromatic heterocycles. The molecule has 1 N–H and O–H groups in total. The number of aryl methyl sites for hydroxylation is 1. The van der Waals surface area contributed by atoms with Crippen LogP contribution in [0.5, 0.6) is 0 Å². The van der Waals surface area contributed by atoms with Crippen molar-refractivity contribution in [3.63, 3.8) is 0 Å². The van der Waals surface area contributed by atoms with Gasteiger partial charge >= 0.3 is 0 Å². The molecular formula is C16H22N2O2. The van der Waals surface area contributed by atoms with Gasteiger partial charge in [0.1, 0.15) is 6.17 Å². The summed E-state index contributed by atoms with van der Waals surface area (Å²) in [6.45, 7) is 5.00. The van der Waals surface area contributed by atoms with E-state index in [0.717, 1.165) is 32.6 Å². The third-order valence-corrected chi connectivity index (χ3v) is 4.26. The van der Waals surface area contributed by atoms with Crippen molar-refractivity contribution in [2.24, 2.45) is 5.92 Å². The van der Waals surface area contributed by atoms with E-state index in [1.54, 1.807) is 0 Å². The topological polar surface area (TPSA) is 41.6 Å². The molecule has 4 heteroatoms.